The summed E-state index contributed by atoms with van der Waals surface area (Å²) < 4.78 is 40.1. The number of hydrogen-bond acceptors (Lipinski definition) is 5. The molecule has 2 saturated heterocycles. The van der Waals surface area contributed by atoms with Crippen molar-refractivity contribution in [1.82, 2.24) is 9.21 Å². The van der Waals surface area contributed by atoms with Crippen molar-refractivity contribution in [3.05, 3.63) is 23.3 Å². The van der Waals surface area contributed by atoms with Gasteiger partial charge in [-0.25, -0.2) is 8.42 Å². The third-order valence-corrected chi connectivity index (χ3v) is 10.7. The van der Waals surface area contributed by atoms with Crippen LogP contribution in [-0.2, 0) is 16.4 Å². The molecule has 0 amide bonds. The van der Waals surface area contributed by atoms with E-state index in [0.29, 0.717) is 18.3 Å². The van der Waals surface area contributed by atoms with Crippen LogP contribution in [0, 0.1) is 11.8 Å². The average molecular weight is 455 g/mol. The molecule has 5 atom stereocenters. The first-order valence-corrected chi connectivity index (χ1v) is 13.2. The van der Waals surface area contributed by atoms with Crippen molar-refractivity contribution in [2.75, 3.05) is 32.3 Å². The van der Waals surface area contributed by atoms with Gasteiger partial charge in [-0.1, -0.05) is 6.92 Å². The molecule has 8 heteroatoms. The summed E-state index contributed by atoms with van der Waals surface area (Å²) >= 11 is 6.01. The molecule has 4 heterocycles. The van der Waals surface area contributed by atoms with Crippen LogP contribution < -0.4 is 9.47 Å². The van der Waals surface area contributed by atoms with Crippen LogP contribution in [0.1, 0.15) is 50.3 Å². The van der Waals surface area contributed by atoms with Crippen LogP contribution in [0.3, 0.4) is 0 Å². The van der Waals surface area contributed by atoms with Crippen LogP contribution in [0.15, 0.2) is 12.1 Å². The number of sulfonamides is 1. The molecule has 0 N–H and O–H groups in total. The number of rotatable bonds is 4. The molecule has 0 spiro atoms. The van der Waals surface area contributed by atoms with E-state index in [1.165, 1.54) is 11.1 Å². The highest BCUT2D eigenvalue weighted by Crippen LogP contribution is 2.47. The largest absolute Gasteiger partial charge is 0.454 e. The lowest BCUT2D eigenvalue weighted by molar-refractivity contribution is 0.0214. The van der Waals surface area contributed by atoms with E-state index in [-0.39, 0.29) is 24.8 Å². The van der Waals surface area contributed by atoms with Gasteiger partial charge in [-0.05, 0) is 67.7 Å². The number of benzene rings is 1. The topological polar surface area (TPSA) is 59.1 Å². The van der Waals surface area contributed by atoms with Crippen molar-refractivity contribution in [2.24, 2.45) is 11.8 Å². The molecular weight excluding hydrogens is 424 g/mol. The Labute approximate surface area is 184 Å². The molecular formula is C22H31ClN2O4S. The summed E-state index contributed by atoms with van der Waals surface area (Å²) in [5.41, 5.74) is 2.60. The van der Waals surface area contributed by atoms with E-state index in [1.54, 1.807) is 0 Å². The van der Waals surface area contributed by atoms with Gasteiger partial charge in [-0.3, -0.25) is 4.90 Å². The van der Waals surface area contributed by atoms with E-state index in [1.807, 2.05) is 18.2 Å². The van der Waals surface area contributed by atoms with Gasteiger partial charge < -0.3 is 9.47 Å². The number of halogens is 1. The third-order valence-electron chi connectivity index (χ3n) is 7.75. The summed E-state index contributed by atoms with van der Waals surface area (Å²) in [5, 5.41) is -0.459. The molecule has 6 nitrogen and oxygen atoms in total. The minimum absolute atomic E-state index is 0.0614. The molecule has 4 aliphatic heterocycles. The van der Waals surface area contributed by atoms with Gasteiger partial charge in [0.15, 0.2) is 11.5 Å². The lowest BCUT2D eigenvalue weighted by atomic mass is 9.77. The fourth-order valence-corrected chi connectivity index (χ4v) is 8.24. The Morgan fingerprint density at radius 2 is 1.97 bits per heavy atom. The van der Waals surface area contributed by atoms with E-state index >= 15 is 0 Å². The van der Waals surface area contributed by atoms with Crippen LogP contribution in [0.2, 0.25) is 0 Å². The monoisotopic (exact) mass is 454 g/mol. The van der Waals surface area contributed by atoms with Crippen molar-refractivity contribution in [2.45, 2.75) is 56.9 Å². The van der Waals surface area contributed by atoms with Crippen LogP contribution in [0.4, 0.5) is 0 Å². The second kappa shape index (κ2) is 7.84. The van der Waals surface area contributed by atoms with Crippen LogP contribution in [0.5, 0.6) is 11.5 Å². The van der Waals surface area contributed by atoms with Crippen LogP contribution in [-0.4, -0.2) is 61.2 Å². The fraction of sp³-hybridized carbons (Fsp3) is 0.727. The maximum absolute atomic E-state index is 13.5. The molecule has 5 rings (SSSR count). The van der Waals surface area contributed by atoms with Crippen molar-refractivity contribution < 1.29 is 17.9 Å². The van der Waals surface area contributed by atoms with Gasteiger partial charge in [0, 0.05) is 37.6 Å². The Balaban J connectivity index is 1.46. The maximum atomic E-state index is 13.5. The standard InChI is InChI=1S/C22H31ClN2O4S/c1-14(11-23)15(2)30(26,27)25-6-3-4-17-12-24-7-5-16-8-21-22(29-13-28-21)9-18(16)20(24)10-19(17)25/h8-9,14-15,17,19-20H,3-7,10-13H2,1-2H3/t14?,15?,17-,19+,20-/m0/s1. The first-order valence-electron chi connectivity index (χ1n) is 11.1. The van der Waals surface area contributed by atoms with Gasteiger partial charge >= 0.3 is 0 Å². The van der Waals surface area contributed by atoms with E-state index in [9.17, 15) is 8.42 Å². The quantitative estimate of drug-likeness (QED) is 0.652. The van der Waals surface area contributed by atoms with Crippen molar-refractivity contribution in [3.8, 4) is 11.5 Å². The predicted octanol–water partition coefficient (Wildman–Crippen LogP) is 3.39. The Morgan fingerprint density at radius 1 is 1.20 bits per heavy atom. The number of nitrogens with zero attached hydrogens (tertiary/aromatic N) is 2. The minimum atomic E-state index is -3.38. The molecule has 0 aromatic heterocycles. The van der Waals surface area contributed by atoms with Crippen LogP contribution in [0.25, 0.3) is 0 Å². The van der Waals surface area contributed by atoms with E-state index in [4.69, 9.17) is 21.1 Å². The normalized spacial score (nSPS) is 30.8. The number of fused-ring (bicyclic) bond motifs is 5. The zero-order chi connectivity index (χ0) is 21.0. The third kappa shape index (κ3) is 3.33. The van der Waals surface area contributed by atoms with Crippen molar-refractivity contribution in [3.63, 3.8) is 0 Å². The highest BCUT2D eigenvalue weighted by Gasteiger charge is 2.47. The molecule has 0 aliphatic carbocycles. The Kier molecular flexibility index (Phi) is 5.45. The highest BCUT2D eigenvalue weighted by atomic mass is 35.5. The summed E-state index contributed by atoms with van der Waals surface area (Å²) in [4.78, 5) is 2.56. The highest BCUT2D eigenvalue weighted by molar-refractivity contribution is 7.89. The predicted molar refractivity (Wildman–Crippen MR) is 117 cm³/mol. The molecule has 2 fully saturated rings. The Morgan fingerprint density at radius 3 is 2.73 bits per heavy atom. The summed E-state index contributed by atoms with van der Waals surface area (Å²) in [6.45, 7) is 6.64. The molecule has 1 aromatic carbocycles. The van der Waals surface area contributed by atoms with Gasteiger partial charge in [0.05, 0.1) is 5.25 Å². The van der Waals surface area contributed by atoms with E-state index < -0.39 is 15.3 Å². The van der Waals surface area contributed by atoms with E-state index in [0.717, 1.165) is 50.3 Å². The molecule has 1 aromatic rings. The minimum Gasteiger partial charge on any atom is -0.454 e. The molecule has 0 saturated carbocycles. The summed E-state index contributed by atoms with van der Waals surface area (Å²) in [6.07, 6.45) is 3.90. The molecule has 4 aliphatic rings. The SMILES string of the molecule is CC(CCl)C(C)S(=O)(=O)N1CCC[C@H]2CN3CCc4cc5c(cc4[C@@H]3C[C@H]21)OCO5. The van der Waals surface area contributed by atoms with Gasteiger partial charge in [0.25, 0.3) is 0 Å². The molecule has 30 heavy (non-hydrogen) atoms. The molecule has 0 radical (unpaired) electrons. The van der Waals surface area contributed by atoms with Gasteiger partial charge in [0.1, 0.15) is 0 Å². The van der Waals surface area contributed by atoms with Crippen molar-refractivity contribution in [1.29, 1.82) is 0 Å². The number of piperidine rings is 2. The number of ether oxygens (including phenoxy) is 2. The van der Waals surface area contributed by atoms with Gasteiger partial charge in [-0.2, -0.15) is 4.31 Å². The van der Waals surface area contributed by atoms with Gasteiger partial charge in [0.2, 0.25) is 16.8 Å². The molecule has 0 bridgehead atoms. The summed E-state index contributed by atoms with van der Waals surface area (Å²) in [7, 11) is -3.38. The number of hydrogen-bond donors (Lipinski definition) is 0. The average Bonchev–Trinajstić information content (AvgIpc) is 3.22. The lowest BCUT2D eigenvalue weighted by Gasteiger charge is -2.52. The first-order chi connectivity index (χ1) is 14.4. The maximum Gasteiger partial charge on any atom is 0.231 e. The first kappa shape index (κ1) is 20.9. The zero-order valence-corrected chi connectivity index (χ0v) is 19.3. The summed E-state index contributed by atoms with van der Waals surface area (Å²) in [5.74, 6) is 2.35. The smallest absolute Gasteiger partial charge is 0.231 e. The second-order valence-corrected chi connectivity index (χ2v) is 11.9. The summed E-state index contributed by atoms with van der Waals surface area (Å²) in [6, 6.07) is 4.56. The fourth-order valence-electron chi connectivity index (χ4n) is 5.74. The zero-order valence-electron chi connectivity index (χ0n) is 17.7. The van der Waals surface area contributed by atoms with Crippen molar-refractivity contribution >= 4 is 21.6 Å². The number of alkyl halides is 1. The lowest BCUT2D eigenvalue weighted by Crippen LogP contribution is -2.59. The Bertz CT molecular complexity index is 924. The molecule has 166 valence electrons. The second-order valence-electron chi connectivity index (χ2n) is 9.36. The van der Waals surface area contributed by atoms with Crippen LogP contribution >= 0.6 is 11.6 Å². The van der Waals surface area contributed by atoms with E-state index in [2.05, 4.69) is 17.0 Å². The van der Waals surface area contributed by atoms with Gasteiger partial charge in [-0.15, -0.1) is 11.6 Å². The Hall–Kier alpha value is -1.02. The molecule has 2 unspecified atom stereocenters.